The molecule has 0 spiro atoms. The molecule has 1 saturated heterocycles. The number of carbonyl (C=O) groups is 1. The quantitative estimate of drug-likeness (QED) is 0.857. The summed E-state index contributed by atoms with van der Waals surface area (Å²) in [5.74, 6) is -0.692. The minimum Gasteiger partial charge on any atom is -0.481 e. The molecule has 0 unspecified atom stereocenters. The first-order valence-corrected chi connectivity index (χ1v) is 5.92. The van der Waals surface area contributed by atoms with Gasteiger partial charge < -0.3 is 9.84 Å². The number of ether oxygens (including phenoxy) is 1. The van der Waals surface area contributed by atoms with Crippen molar-refractivity contribution in [3.05, 3.63) is 18.0 Å². The maximum Gasteiger partial charge on any atom is 0.309 e. The van der Waals surface area contributed by atoms with Crippen molar-refractivity contribution in [1.29, 1.82) is 0 Å². The molecule has 2 rings (SSSR count). The van der Waals surface area contributed by atoms with E-state index in [-0.39, 0.29) is 0 Å². The predicted octanol–water partition coefficient (Wildman–Crippen LogP) is 1.23. The summed E-state index contributed by atoms with van der Waals surface area (Å²) in [7, 11) is 1.88. The lowest BCUT2D eigenvalue weighted by molar-refractivity contribution is -0.155. The third-order valence-electron chi connectivity index (χ3n) is 3.69. The number of carboxylic acids is 1. The van der Waals surface area contributed by atoms with Gasteiger partial charge >= 0.3 is 5.97 Å². The van der Waals surface area contributed by atoms with Crippen LogP contribution in [0.1, 0.15) is 25.0 Å². The highest BCUT2D eigenvalue weighted by Gasteiger charge is 2.39. The maximum atomic E-state index is 11.4. The van der Waals surface area contributed by atoms with Gasteiger partial charge in [-0.25, -0.2) is 0 Å². The predicted molar refractivity (Wildman–Crippen MR) is 61.7 cm³/mol. The Morgan fingerprint density at radius 2 is 2.29 bits per heavy atom. The first-order valence-electron chi connectivity index (χ1n) is 5.92. The van der Waals surface area contributed by atoms with E-state index in [4.69, 9.17) is 4.74 Å². The Kier molecular flexibility index (Phi) is 3.47. The molecule has 1 N–H and O–H groups in total. The Balaban J connectivity index is 2.03. The van der Waals surface area contributed by atoms with E-state index in [1.54, 1.807) is 10.9 Å². The maximum absolute atomic E-state index is 11.4. The van der Waals surface area contributed by atoms with Crippen LogP contribution >= 0.6 is 0 Å². The van der Waals surface area contributed by atoms with Gasteiger partial charge in [-0.2, -0.15) is 5.10 Å². The summed E-state index contributed by atoms with van der Waals surface area (Å²) in [6, 6.07) is 1.94. The molecule has 17 heavy (non-hydrogen) atoms. The van der Waals surface area contributed by atoms with Crippen LogP contribution in [0, 0.1) is 5.41 Å². The average molecular weight is 238 g/mol. The summed E-state index contributed by atoms with van der Waals surface area (Å²) in [5, 5.41) is 13.5. The molecule has 1 aromatic heterocycles. The summed E-state index contributed by atoms with van der Waals surface area (Å²) in [6.07, 6.45) is 4.38. The molecule has 0 aromatic carbocycles. The minimum atomic E-state index is -0.692. The van der Waals surface area contributed by atoms with Crippen LogP contribution in [0.5, 0.6) is 0 Å². The highest BCUT2D eigenvalue weighted by atomic mass is 16.5. The molecule has 0 radical (unpaired) electrons. The first kappa shape index (κ1) is 12.1. The summed E-state index contributed by atoms with van der Waals surface area (Å²) < 4.78 is 7.06. The normalized spacial score (nSPS) is 19.1. The van der Waals surface area contributed by atoms with Gasteiger partial charge in [-0.05, 0) is 31.7 Å². The van der Waals surface area contributed by atoms with Gasteiger partial charge in [-0.1, -0.05) is 0 Å². The fourth-order valence-corrected chi connectivity index (χ4v) is 2.35. The summed E-state index contributed by atoms with van der Waals surface area (Å²) >= 11 is 0. The fourth-order valence-electron chi connectivity index (χ4n) is 2.35. The van der Waals surface area contributed by atoms with Gasteiger partial charge in [-0.15, -0.1) is 0 Å². The van der Waals surface area contributed by atoms with Gasteiger partial charge in [0, 0.05) is 32.2 Å². The molecule has 94 valence electrons. The monoisotopic (exact) mass is 238 g/mol. The molecule has 1 aromatic rings. The second kappa shape index (κ2) is 4.87. The number of aromatic nitrogens is 2. The zero-order valence-corrected chi connectivity index (χ0v) is 10.1. The van der Waals surface area contributed by atoms with E-state index in [2.05, 4.69) is 5.10 Å². The zero-order valence-electron chi connectivity index (χ0n) is 10.1. The lowest BCUT2D eigenvalue weighted by atomic mass is 9.76. The molecule has 1 fully saturated rings. The van der Waals surface area contributed by atoms with E-state index in [0.29, 0.717) is 32.5 Å². The molecule has 1 aliphatic rings. The smallest absolute Gasteiger partial charge is 0.309 e. The van der Waals surface area contributed by atoms with Crippen molar-refractivity contribution in [1.82, 2.24) is 9.78 Å². The van der Waals surface area contributed by atoms with Crippen molar-refractivity contribution in [2.24, 2.45) is 12.5 Å². The molecular weight excluding hydrogens is 220 g/mol. The summed E-state index contributed by atoms with van der Waals surface area (Å²) in [4.78, 5) is 11.4. The molecule has 0 bridgehead atoms. The van der Waals surface area contributed by atoms with Crippen LogP contribution in [0.15, 0.2) is 12.3 Å². The average Bonchev–Trinajstić information content (AvgIpc) is 2.73. The molecule has 0 amide bonds. The lowest BCUT2D eigenvalue weighted by Gasteiger charge is -2.33. The highest BCUT2D eigenvalue weighted by Crippen LogP contribution is 2.35. The number of aryl methyl sites for hydroxylation is 2. The van der Waals surface area contributed by atoms with Gasteiger partial charge in [0.15, 0.2) is 0 Å². The molecular formula is C12H18N2O3. The Morgan fingerprint density at radius 1 is 1.59 bits per heavy atom. The van der Waals surface area contributed by atoms with Crippen LogP contribution in [0.4, 0.5) is 0 Å². The van der Waals surface area contributed by atoms with E-state index in [9.17, 15) is 9.90 Å². The van der Waals surface area contributed by atoms with E-state index in [1.165, 1.54) is 0 Å². The number of carboxylic acid groups (broad SMARTS) is 1. The molecule has 5 nitrogen and oxygen atoms in total. The number of hydrogen-bond acceptors (Lipinski definition) is 3. The van der Waals surface area contributed by atoms with E-state index in [1.807, 2.05) is 13.1 Å². The van der Waals surface area contributed by atoms with Crippen LogP contribution in [0.2, 0.25) is 0 Å². The molecule has 0 saturated carbocycles. The van der Waals surface area contributed by atoms with Crippen LogP contribution in [0.25, 0.3) is 0 Å². The number of hydrogen-bond donors (Lipinski definition) is 1. The van der Waals surface area contributed by atoms with E-state index in [0.717, 1.165) is 12.1 Å². The second-order valence-electron chi connectivity index (χ2n) is 4.64. The van der Waals surface area contributed by atoms with Crippen molar-refractivity contribution in [2.45, 2.75) is 25.7 Å². The van der Waals surface area contributed by atoms with Gasteiger partial charge in [0.1, 0.15) is 0 Å². The van der Waals surface area contributed by atoms with Gasteiger partial charge in [0.2, 0.25) is 0 Å². The minimum absolute atomic E-state index is 0.553. The Labute approximate surface area is 100 Å². The van der Waals surface area contributed by atoms with Gasteiger partial charge in [0.25, 0.3) is 0 Å². The van der Waals surface area contributed by atoms with Crippen molar-refractivity contribution in [3.8, 4) is 0 Å². The summed E-state index contributed by atoms with van der Waals surface area (Å²) in [6.45, 7) is 1.11. The van der Waals surface area contributed by atoms with E-state index < -0.39 is 11.4 Å². The van der Waals surface area contributed by atoms with Crippen LogP contribution < -0.4 is 0 Å². The van der Waals surface area contributed by atoms with Crippen LogP contribution in [0.3, 0.4) is 0 Å². The third kappa shape index (κ3) is 2.49. The SMILES string of the molecule is Cn1nccc1CCC1(C(=O)O)CCOCC1. The summed E-state index contributed by atoms with van der Waals surface area (Å²) in [5.41, 5.74) is 0.472. The molecule has 5 heteroatoms. The van der Waals surface area contributed by atoms with Gasteiger partial charge in [-0.3, -0.25) is 9.48 Å². The van der Waals surface area contributed by atoms with E-state index >= 15 is 0 Å². The van der Waals surface area contributed by atoms with Crippen molar-refractivity contribution >= 4 is 5.97 Å². The largest absolute Gasteiger partial charge is 0.481 e. The zero-order chi connectivity index (χ0) is 12.3. The molecule has 1 aliphatic heterocycles. The standard InChI is InChI=1S/C12H18N2O3/c1-14-10(3-7-13-14)2-4-12(11(15)16)5-8-17-9-6-12/h3,7H,2,4-6,8-9H2,1H3,(H,15,16). The topological polar surface area (TPSA) is 64.4 Å². The number of aliphatic carboxylic acids is 1. The molecule has 0 atom stereocenters. The Hall–Kier alpha value is -1.36. The second-order valence-corrected chi connectivity index (χ2v) is 4.64. The highest BCUT2D eigenvalue weighted by molar-refractivity contribution is 5.74. The number of nitrogens with zero attached hydrogens (tertiary/aromatic N) is 2. The lowest BCUT2D eigenvalue weighted by Crippen LogP contribution is -2.37. The van der Waals surface area contributed by atoms with Crippen LogP contribution in [-0.4, -0.2) is 34.1 Å². The Morgan fingerprint density at radius 3 is 2.82 bits per heavy atom. The van der Waals surface area contributed by atoms with Crippen molar-refractivity contribution in [2.75, 3.05) is 13.2 Å². The molecule has 0 aliphatic carbocycles. The van der Waals surface area contributed by atoms with Gasteiger partial charge in [0.05, 0.1) is 5.41 Å². The van der Waals surface area contributed by atoms with Crippen LogP contribution in [-0.2, 0) is 23.0 Å². The first-order chi connectivity index (χ1) is 8.14. The van der Waals surface area contributed by atoms with Crippen molar-refractivity contribution in [3.63, 3.8) is 0 Å². The Bertz CT molecular complexity index is 394. The number of rotatable bonds is 4. The third-order valence-corrected chi connectivity index (χ3v) is 3.69. The van der Waals surface area contributed by atoms with Crippen molar-refractivity contribution < 1.29 is 14.6 Å². The molecule has 2 heterocycles. The fraction of sp³-hybridized carbons (Fsp3) is 0.667.